The van der Waals surface area contributed by atoms with Crippen molar-refractivity contribution in [2.24, 2.45) is 0 Å². The lowest BCUT2D eigenvalue weighted by molar-refractivity contribution is -0.172. The lowest BCUT2D eigenvalue weighted by Crippen LogP contribution is -2.36. The van der Waals surface area contributed by atoms with E-state index in [1.807, 2.05) is 0 Å². The third-order valence-corrected chi connectivity index (χ3v) is 1.81. The first-order chi connectivity index (χ1) is 7.22. The van der Waals surface area contributed by atoms with Crippen molar-refractivity contribution in [1.82, 2.24) is 5.06 Å². The molecule has 5 nitrogen and oxygen atoms in total. The number of rotatable bonds is 4. The van der Waals surface area contributed by atoms with E-state index in [0.29, 0.717) is 32.1 Å². The average molecular weight is 213 g/mol. The Morgan fingerprint density at radius 1 is 1.53 bits per heavy atom. The van der Waals surface area contributed by atoms with Crippen LogP contribution in [-0.4, -0.2) is 43.9 Å². The molecular formula is C10H15NO4. The Labute approximate surface area is 88.9 Å². The van der Waals surface area contributed by atoms with Crippen LogP contribution < -0.4 is 0 Å². The van der Waals surface area contributed by atoms with Crippen LogP contribution >= 0.6 is 0 Å². The second-order valence-corrected chi connectivity index (χ2v) is 3.01. The molecule has 0 radical (unpaired) electrons. The minimum atomic E-state index is -0.353. The van der Waals surface area contributed by atoms with Gasteiger partial charge < -0.3 is 14.3 Å². The van der Waals surface area contributed by atoms with E-state index in [2.05, 4.69) is 12.3 Å². The minimum Gasteiger partial charge on any atom is -0.457 e. The molecule has 1 heterocycles. The Morgan fingerprint density at radius 2 is 2.20 bits per heavy atom. The van der Waals surface area contributed by atoms with Gasteiger partial charge in [-0.05, 0) is 0 Å². The number of hydrogen-bond acceptors (Lipinski definition) is 5. The van der Waals surface area contributed by atoms with Crippen LogP contribution in [0.1, 0.15) is 6.92 Å². The van der Waals surface area contributed by atoms with Gasteiger partial charge in [0.25, 0.3) is 0 Å². The number of esters is 1. The Morgan fingerprint density at radius 3 is 2.73 bits per heavy atom. The maximum atomic E-state index is 10.6. The summed E-state index contributed by atoms with van der Waals surface area (Å²) in [6, 6.07) is 0. The topological polar surface area (TPSA) is 48.0 Å². The molecule has 0 unspecified atom stereocenters. The molecule has 0 spiro atoms. The molecule has 5 heteroatoms. The highest BCUT2D eigenvalue weighted by atomic mass is 16.7. The molecule has 0 aromatic heterocycles. The molecule has 0 atom stereocenters. The Balaban J connectivity index is 2.32. The first-order valence-electron chi connectivity index (χ1n) is 4.75. The van der Waals surface area contributed by atoms with Gasteiger partial charge in [0.05, 0.1) is 26.3 Å². The molecule has 0 amide bonds. The van der Waals surface area contributed by atoms with E-state index < -0.39 is 0 Å². The first kappa shape index (κ1) is 11.8. The zero-order valence-electron chi connectivity index (χ0n) is 8.82. The molecule has 0 aromatic rings. The van der Waals surface area contributed by atoms with Gasteiger partial charge in [0.15, 0.2) is 6.61 Å². The van der Waals surface area contributed by atoms with Crippen molar-refractivity contribution in [2.45, 2.75) is 6.92 Å². The number of morpholine rings is 1. The van der Waals surface area contributed by atoms with Crippen LogP contribution in [0.15, 0.2) is 18.1 Å². The van der Waals surface area contributed by atoms with Crippen LogP contribution in [0.3, 0.4) is 0 Å². The molecule has 1 rings (SSSR count). The summed E-state index contributed by atoms with van der Waals surface area (Å²) in [6.45, 7) is 7.52. The standard InChI is InChI=1S/C10H15NO4/c1-3-10(8-14-9(2)12)15-11-4-6-13-7-5-11/h1,4-8H2,2H3. The largest absolute Gasteiger partial charge is 0.457 e. The van der Waals surface area contributed by atoms with Gasteiger partial charge in [-0.3, -0.25) is 4.79 Å². The molecule has 1 aliphatic heterocycles. The number of nitrogens with zero attached hydrogens (tertiary/aromatic N) is 1. The predicted molar refractivity (Wildman–Crippen MR) is 52.8 cm³/mol. The number of hydroxylamine groups is 2. The van der Waals surface area contributed by atoms with Gasteiger partial charge in [0.2, 0.25) is 5.76 Å². The molecule has 0 N–H and O–H groups in total. The third-order valence-electron chi connectivity index (χ3n) is 1.81. The number of carbonyl (C=O) groups is 1. The van der Waals surface area contributed by atoms with Gasteiger partial charge in [-0.15, -0.1) is 5.06 Å². The molecule has 0 bridgehead atoms. The van der Waals surface area contributed by atoms with Gasteiger partial charge in [-0.25, -0.2) is 0 Å². The highest BCUT2D eigenvalue weighted by molar-refractivity contribution is 5.66. The fourth-order valence-electron chi connectivity index (χ4n) is 1.07. The fourth-order valence-corrected chi connectivity index (χ4v) is 1.07. The van der Waals surface area contributed by atoms with E-state index in [1.165, 1.54) is 6.92 Å². The molecule has 84 valence electrons. The van der Waals surface area contributed by atoms with Crippen molar-refractivity contribution < 1.29 is 19.1 Å². The molecule has 1 fully saturated rings. The first-order valence-corrected chi connectivity index (χ1v) is 4.75. The van der Waals surface area contributed by atoms with Crippen LogP contribution in [0.25, 0.3) is 0 Å². The van der Waals surface area contributed by atoms with E-state index in [0.717, 1.165) is 0 Å². The lowest BCUT2D eigenvalue weighted by Gasteiger charge is -2.26. The summed E-state index contributed by atoms with van der Waals surface area (Å²) in [5.74, 6) is 0.0560. The highest BCUT2D eigenvalue weighted by Crippen LogP contribution is 2.04. The SMILES string of the molecule is C=C=C(COC(C)=O)ON1CCOCC1. The summed E-state index contributed by atoms with van der Waals surface area (Å²) in [5, 5.41) is 1.74. The zero-order chi connectivity index (χ0) is 11.1. The second-order valence-electron chi connectivity index (χ2n) is 3.01. The maximum absolute atomic E-state index is 10.6. The molecule has 0 saturated carbocycles. The van der Waals surface area contributed by atoms with Crippen LogP contribution in [0.2, 0.25) is 0 Å². The van der Waals surface area contributed by atoms with E-state index in [9.17, 15) is 4.79 Å². The van der Waals surface area contributed by atoms with Gasteiger partial charge >= 0.3 is 5.97 Å². The maximum Gasteiger partial charge on any atom is 0.303 e. The Bertz CT molecular complexity index is 265. The van der Waals surface area contributed by atoms with Crippen LogP contribution in [0.4, 0.5) is 0 Å². The smallest absolute Gasteiger partial charge is 0.303 e. The van der Waals surface area contributed by atoms with E-state index in [-0.39, 0.29) is 12.6 Å². The quantitative estimate of drug-likeness (QED) is 0.386. The van der Waals surface area contributed by atoms with Crippen molar-refractivity contribution >= 4 is 5.97 Å². The lowest BCUT2D eigenvalue weighted by atomic mass is 10.5. The van der Waals surface area contributed by atoms with Crippen molar-refractivity contribution in [2.75, 3.05) is 32.9 Å². The summed E-state index contributed by atoms with van der Waals surface area (Å²) in [5.41, 5.74) is 2.59. The van der Waals surface area contributed by atoms with Crippen molar-refractivity contribution in [1.29, 1.82) is 0 Å². The van der Waals surface area contributed by atoms with Gasteiger partial charge in [-0.1, -0.05) is 12.3 Å². The van der Waals surface area contributed by atoms with Crippen molar-refractivity contribution in [3.63, 3.8) is 0 Å². The average Bonchev–Trinajstić information content (AvgIpc) is 2.25. The number of carbonyl (C=O) groups excluding carboxylic acids is 1. The third kappa shape index (κ3) is 4.65. The summed E-state index contributed by atoms with van der Waals surface area (Å²) >= 11 is 0. The molecule has 0 aromatic carbocycles. The zero-order valence-corrected chi connectivity index (χ0v) is 8.82. The van der Waals surface area contributed by atoms with Crippen LogP contribution in [0, 0.1) is 0 Å². The fraction of sp³-hybridized carbons (Fsp3) is 0.600. The molecule has 1 aliphatic rings. The predicted octanol–water partition coefficient (Wildman–Crippen LogP) is 0.482. The van der Waals surface area contributed by atoms with Crippen molar-refractivity contribution in [3.05, 3.63) is 18.1 Å². The summed E-state index contributed by atoms with van der Waals surface area (Å²) in [4.78, 5) is 16.0. The molecule has 0 aliphatic carbocycles. The van der Waals surface area contributed by atoms with E-state index in [1.54, 1.807) is 5.06 Å². The summed E-state index contributed by atoms with van der Waals surface area (Å²) < 4.78 is 9.94. The van der Waals surface area contributed by atoms with Gasteiger partial charge in [-0.2, -0.15) is 0 Å². The van der Waals surface area contributed by atoms with Crippen LogP contribution in [-0.2, 0) is 19.1 Å². The molecular weight excluding hydrogens is 198 g/mol. The molecule has 15 heavy (non-hydrogen) atoms. The minimum absolute atomic E-state index is 0.0657. The summed E-state index contributed by atoms with van der Waals surface area (Å²) in [6.07, 6.45) is 0. The van der Waals surface area contributed by atoms with E-state index in [4.69, 9.17) is 14.3 Å². The monoisotopic (exact) mass is 213 g/mol. The normalized spacial score (nSPS) is 16.6. The van der Waals surface area contributed by atoms with Gasteiger partial charge in [0.1, 0.15) is 0 Å². The highest BCUT2D eigenvalue weighted by Gasteiger charge is 2.13. The second kappa shape index (κ2) is 6.24. The number of ether oxygens (including phenoxy) is 2. The Kier molecular flexibility index (Phi) is 4.90. The number of hydrogen-bond donors (Lipinski definition) is 0. The van der Waals surface area contributed by atoms with Gasteiger partial charge in [0, 0.05) is 6.92 Å². The summed E-state index contributed by atoms with van der Waals surface area (Å²) in [7, 11) is 0. The van der Waals surface area contributed by atoms with E-state index >= 15 is 0 Å². The molecule has 1 saturated heterocycles. The van der Waals surface area contributed by atoms with Crippen molar-refractivity contribution in [3.8, 4) is 0 Å². The van der Waals surface area contributed by atoms with Crippen LogP contribution in [0.5, 0.6) is 0 Å². The Hall–Kier alpha value is -1.29.